The van der Waals surface area contributed by atoms with E-state index in [2.05, 4.69) is 19.7 Å². The van der Waals surface area contributed by atoms with Crippen LogP contribution in [0.1, 0.15) is 5.82 Å². The van der Waals surface area contributed by atoms with Crippen molar-refractivity contribution in [1.29, 1.82) is 0 Å². The van der Waals surface area contributed by atoms with Crippen LogP contribution >= 0.6 is 0 Å². The molecule has 0 unspecified atom stereocenters. The van der Waals surface area contributed by atoms with E-state index >= 15 is 0 Å². The van der Waals surface area contributed by atoms with Crippen LogP contribution in [0.5, 0.6) is 0 Å². The van der Waals surface area contributed by atoms with E-state index in [1.54, 1.807) is 12.4 Å². The molecule has 0 saturated heterocycles. The quantitative estimate of drug-likeness (QED) is 0.702. The van der Waals surface area contributed by atoms with E-state index in [1.807, 2.05) is 0 Å². The number of anilines is 1. The second-order valence-electron chi connectivity index (χ2n) is 3.28. The van der Waals surface area contributed by atoms with Gasteiger partial charge >= 0.3 is 0 Å². The van der Waals surface area contributed by atoms with E-state index in [-0.39, 0.29) is 17.3 Å². The van der Waals surface area contributed by atoms with Crippen molar-refractivity contribution in [2.75, 3.05) is 5.73 Å². The molecule has 7 nitrogen and oxygen atoms in total. The van der Waals surface area contributed by atoms with Crippen LogP contribution in [0, 0.1) is 0 Å². The SMILES string of the molecule is Nc1cc(S(=O)(=O)NCc2ncc[nH]2)ccn1. The lowest BCUT2D eigenvalue weighted by Crippen LogP contribution is -2.24. The number of imidazole rings is 1. The van der Waals surface area contributed by atoms with Crippen molar-refractivity contribution in [1.82, 2.24) is 19.7 Å². The minimum atomic E-state index is -3.59. The maximum atomic E-state index is 11.8. The Morgan fingerprint density at radius 1 is 1.35 bits per heavy atom. The van der Waals surface area contributed by atoms with Gasteiger partial charge in [0, 0.05) is 24.7 Å². The Bertz CT molecular complexity index is 594. The van der Waals surface area contributed by atoms with Crippen LogP contribution in [0.2, 0.25) is 0 Å². The van der Waals surface area contributed by atoms with Crippen molar-refractivity contribution >= 4 is 15.8 Å². The van der Waals surface area contributed by atoms with E-state index in [0.717, 1.165) is 0 Å². The summed E-state index contributed by atoms with van der Waals surface area (Å²) >= 11 is 0. The topological polar surface area (TPSA) is 114 Å². The van der Waals surface area contributed by atoms with E-state index in [0.29, 0.717) is 5.82 Å². The lowest BCUT2D eigenvalue weighted by Gasteiger charge is -2.05. The molecule has 2 aromatic rings. The Balaban J connectivity index is 2.14. The molecule has 0 radical (unpaired) electrons. The Morgan fingerprint density at radius 3 is 2.82 bits per heavy atom. The molecule has 90 valence electrons. The number of hydrogen-bond acceptors (Lipinski definition) is 5. The first-order chi connectivity index (χ1) is 8.08. The number of aromatic amines is 1. The molecule has 0 amide bonds. The van der Waals surface area contributed by atoms with E-state index in [1.165, 1.54) is 18.3 Å². The number of sulfonamides is 1. The molecule has 0 fully saturated rings. The highest BCUT2D eigenvalue weighted by Gasteiger charge is 2.14. The number of aromatic nitrogens is 3. The van der Waals surface area contributed by atoms with Crippen molar-refractivity contribution in [3.63, 3.8) is 0 Å². The Morgan fingerprint density at radius 2 is 2.18 bits per heavy atom. The summed E-state index contributed by atoms with van der Waals surface area (Å²) in [5.41, 5.74) is 5.42. The number of hydrogen-bond donors (Lipinski definition) is 3. The van der Waals surface area contributed by atoms with Gasteiger partial charge in [-0.3, -0.25) is 0 Å². The van der Waals surface area contributed by atoms with Crippen LogP contribution in [-0.4, -0.2) is 23.4 Å². The summed E-state index contributed by atoms with van der Waals surface area (Å²) in [6.45, 7) is 0.0948. The van der Waals surface area contributed by atoms with Crippen LogP contribution in [-0.2, 0) is 16.6 Å². The Kier molecular flexibility index (Phi) is 3.07. The molecule has 0 aliphatic rings. The van der Waals surface area contributed by atoms with Crippen molar-refractivity contribution in [2.45, 2.75) is 11.4 Å². The lowest BCUT2D eigenvalue weighted by atomic mass is 10.5. The van der Waals surface area contributed by atoms with Gasteiger partial charge in [0.15, 0.2) is 0 Å². The summed E-state index contributed by atoms with van der Waals surface area (Å²) in [5, 5.41) is 0. The molecule has 2 heterocycles. The second-order valence-corrected chi connectivity index (χ2v) is 5.04. The number of nitrogens with one attached hydrogen (secondary N) is 2. The molecule has 2 aromatic heterocycles. The molecular weight excluding hydrogens is 242 g/mol. The van der Waals surface area contributed by atoms with Gasteiger partial charge in [-0.25, -0.2) is 23.1 Å². The van der Waals surface area contributed by atoms with Gasteiger partial charge < -0.3 is 10.7 Å². The van der Waals surface area contributed by atoms with E-state index in [9.17, 15) is 8.42 Å². The first-order valence-corrected chi connectivity index (χ1v) is 6.26. The Labute approximate surface area is 98.2 Å². The van der Waals surface area contributed by atoms with Crippen LogP contribution in [0.15, 0.2) is 35.6 Å². The highest BCUT2D eigenvalue weighted by atomic mass is 32.2. The summed E-state index contributed by atoms with van der Waals surface area (Å²) in [4.78, 5) is 10.5. The molecule has 0 saturated carbocycles. The molecular formula is C9H11N5O2S. The van der Waals surface area contributed by atoms with Gasteiger partial charge in [-0.05, 0) is 6.07 Å². The molecule has 0 aromatic carbocycles. The zero-order chi connectivity index (χ0) is 12.3. The van der Waals surface area contributed by atoms with Crippen LogP contribution in [0.4, 0.5) is 5.82 Å². The first kappa shape index (κ1) is 11.6. The molecule has 8 heteroatoms. The lowest BCUT2D eigenvalue weighted by molar-refractivity contribution is 0.579. The number of nitrogens with zero attached hydrogens (tertiary/aromatic N) is 2. The monoisotopic (exact) mass is 253 g/mol. The van der Waals surface area contributed by atoms with Gasteiger partial charge in [0.05, 0.1) is 11.4 Å². The smallest absolute Gasteiger partial charge is 0.241 e. The third kappa shape index (κ3) is 2.80. The molecule has 17 heavy (non-hydrogen) atoms. The maximum absolute atomic E-state index is 11.8. The number of pyridine rings is 1. The van der Waals surface area contributed by atoms with Crippen LogP contribution in [0.3, 0.4) is 0 Å². The number of nitrogen functional groups attached to an aromatic ring is 1. The number of rotatable bonds is 4. The van der Waals surface area contributed by atoms with Crippen LogP contribution in [0.25, 0.3) is 0 Å². The Hall–Kier alpha value is -1.93. The zero-order valence-electron chi connectivity index (χ0n) is 8.79. The second kappa shape index (κ2) is 4.52. The van der Waals surface area contributed by atoms with Crippen LogP contribution < -0.4 is 10.5 Å². The standard InChI is InChI=1S/C9H11N5O2S/c10-8-5-7(1-2-11-8)17(15,16)14-6-9-12-3-4-13-9/h1-5,14H,6H2,(H2,10,11)(H,12,13). The summed E-state index contributed by atoms with van der Waals surface area (Å²) in [6.07, 6.45) is 4.51. The fourth-order valence-corrected chi connectivity index (χ4v) is 2.25. The fourth-order valence-electron chi connectivity index (χ4n) is 1.24. The fraction of sp³-hybridized carbons (Fsp3) is 0.111. The normalized spacial score (nSPS) is 11.5. The van der Waals surface area contributed by atoms with Gasteiger partial charge in [-0.1, -0.05) is 0 Å². The van der Waals surface area contributed by atoms with Crippen molar-refractivity contribution < 1.29 is 8.42 Å². The summed E-state index contributed by atoms with van der Waals surface area (Å²) in [5.74, 6) is 0.696. The predicted octanol–water partition coefficient (Wildman–Crippen LogP) is -0.135. The molecule has 4 N–H and O–H groups in total. The highest BCUT2D eigenvalue weighted by molar-refractivity contribution is 7.89. The van der Waals surface area contributed by atoms with E-state index in [4.69, 9.17) is 5.73 Å². The number of H-pyrrole nitrogens is 1. The molecule has 0 atom stereocenters. The summed E-state index contributed by atoms with van der Waals surface area (Å²) in [6, 6.07) is 2.67. The summed E-state index contributed by atoms with van der Waals surface area (Å²) in [7, 11) is -3.59. The van der Waals surface area contributed by atoms with Crippen molar-refractivity contribution in [3.8, 4) is 0 Å². The average Bonchev–Trinajstić information content (AvgIpc) is 2.79. The van der Waals surface area contributed by atoms with E-state index < -0.39 is 10.0 Å². The number of nitrogens with two attached hydrogens (primary N) is 1. The maximum Gasteiger partial charge on any atom is 0.241 e. The molecule has 0 spiro atoms. The third-order valence-corrected chi connectivity index (χ3v) is 3.45. The van der Waals surface area contributed by atoms with Gasteiger partial charge in [-0.2, -0.15) is 0 Å². The predicted molar refractivity (Wildman–Crippen MR) is 61.3 cm³/mol. The third-order valence-electron chi connectivity index (χ3n) is 2.05. The molecule has 0 bridgehead atoms. The molecule has 0 aliphatic heterocycles. The summed E-state index contributed by atoms with van der Waals surface area (Å²) < 4.78 is 26.1. The average molecular weight is 253 g/mol. The minimum absolute atomic E-state index is 0.0801. The van der Waals surface area contributed by atoms with Gasteiger partial charge in [0.1, 0.15) is 11.6 Å². The molecule has 2 rings (SSSR count). The highest BCUT2D eigenvalue weighted by Crippen LogP contribution is 2.10. The first-order valence-electron chi connectivity index (χ1n) is 4.77. The van der Waals surface area contributed by atoms with Gasteiger partial charge in [-0.15, -0.1) is 0 Å². The minimum Gasteiger partial charge on any atom is -0.384 e. The molecule has 0 aliphatic carbocycles. The largest absolute Gasteiger partial charge is 0.384 e. The van der Waals surface area contributed by atoms with Gasteiger partial charge in [0.2, 0.25) is 10.0 Å². The van der Waals surface area contributed by atoms with Crippen molar-refractivity contribution in [3.05, 3.63) is 36.5 Å². The zero-order valence-corrected chi connectivity index (χ0v) is 9.61. The van der Waals surface area contributed by atoms with Crippen molar-refractivity contribution in [2.24, 2.45) is 0 Å². The van der Waals surface area contributed by atoms with Gasteiger partial charge in [0.25, 0.3) is 0 Å².